The summed E-state index contributed by atoms with van der Waals surface area (Å²) in [5, 5.41) is 9.25. The van der Waals surface area contributed by atoms with Crippen molar-refractivity contribution in [2.45, 2.75) is 18.3 Å². The molecule has 0 radical (unpaired) electrons. The first-order valence-electron chi connectivity index (χ1n) is 5.39. The third-order valence-electron chi connectivity index (χ3n) is 3.51. The molecule has 0 bridgehead atoms. The lowest BCUT2D eigenvalue weighted by Gasteiger charge is -2.11. The Labute approximate surface area is 96.7 Å². The van der Waals surface area contributed by atoms with Crippen molar-refractivity contribution in [3.05, 3.63) is 29.8 Å². The van der Waals surface area contributed by atoms with Crippen molar-refractivity contribution in [1.82, 2.24) is 9.55 Å². The van der Waals surface area contributed by atoms with Crippen molar-refractivity contribution in [3.63, 3.8) is 0 Å². The molecule has 0 unspecified atom stereocenters. The van der Waals surface area contributed by atoms with Crippen LogP contribution in [0.15, 0.2) is 18.3 Å². The van der Waals surface area contributed by atoms with E-state index < -0.39 is 17.2 Å². The summed E-state index contributed by atoms with van der Waals surface area (Å²) < 4.78 is 14.8. The predicted molar refractivity (Wildman–Crippen MR) is 59.2 cm³/mol. The van der Waals surface area contributed by atoms with E-state index in [0.717, 1.165) is 6.20 Å². The highest BCUT2D eigenvalue weighted by molar-refractivity contribution is 5.87. The first kappa shape index (κ1) is 10.3. The number of halogens is 1. The van der Waals surface area contributed by atoms with Gasteiger partial charge in [-0.25, -0.2) is 4.39 Å². The van der Waals surface area contributed by atoms with Gasteiger partial charge in [-0.1, -0.05) is 0 Å². The molecular weight excluding hydrogens is 223 g/mol. The van der Waals surface area contributed by atoms with Crippen LogP contribution in [0.2, 0.25) is 0 Å². The van der Waals surface area contributed by atoms with Crippen LogP contribution in [0.1, 0.15) is 18.5 Å². The van der Waals surface area contributed by atoms with Gasteiger partial charge in [-0.2, -0.15) is 0 Å². The van der Waals surface area contributed by atoms with Crippen molar-refractivity contribution in [1.29, 1.82) is 0 Å². The van der Waals surface area contributed by atoms with Gasteiger partial charge < -0.3 is 9.67 Å². The molecule has 2 heterocycles. The molecule has 0 aromatic carbocycles. The Balaban J connectivity index is 2.25. The predicted octanol–water partition coefficient (Wildman–Crippen LogP) is 1.83. The van der Waals surface area contributed by atoms with Gasteiger partial charge in [0, 0.05) is 18.8 Å². The molecule has 5 heteroatoms. The zero-order chi connectivity index (χ0) is 12.2. The maximum absolute atomic E-state index is 13.1. The van der Waals surface area contributed by atoms with Crippen LogP contribution >= 0.6 is 0 Å². The minimum absolute atomic E-state index is 0.412. The number of fused-ring (bicyclic) bond motifs is 1. The summed E-state index contributed by atoms with van der Waals surface area (Å²) in [7, 11) is 1.75. The Hall–Kier alpha value is -1.91. The van der Waals surface area contributed by atoms with Crippen molar-refractivity contribution in [3.8, 4) is 0 Å². The van der Waals surface area contributed by atoms with Crippen LogP contribution in [-0.2, 0) is 17.3 Å². The van der Waals surface area contributed by atoms with Gasteiger partial charge in [0.2, 0.25) is 0 Å². The van der Waals surface area contributed by atoms with E-state index in [-0.39, 0.29) is 0 Å². The standard InChI is InChI=1S/C12H11FN2O2/c1-15-9-4-7(13)6-14-8(9)5-10(15)12(2-3-12)11(16)17/h4-6H,2-3H2,1H3,(H,16,17). The number of rotatable bonds is 2. The number of aliphatic carboxylic acids is 1. The van der Waals surface area contributed by atoms with E-state index in [1.807, 2.05) is 0 Å². The molecule has 1 aliphatic carbocycles. The fraction of sp³-hybridized carbons (Fsp3) is 0.333. The molecule has 3 rings (SSSR count). The maximum Gasteiger partial charge on any atom is 0.315 e. The number of carbonyl (C=O) groups is 1. The van der Waals surface area contributed by atoms with Crippen LogP contribution in [0, 0.1) is 5.82 Å². The number of nitrogens with zero attached hydrogens (tertiary/aromatic N) is 2. The van der Waals surface area contributed by atoms with Crippen molar-refractivity contribution in [2.24, 2.45) is 7.05 Å². The molecule has 2 aromatic heterocycles. The number of carboxylic acids is 1. The van der Waals surface area contributed by atoms with Gasteiger partial charge in [0.25, 0.3) is 0 Å². The molecule has 4 nitrogen and oxygen atoms in total. The highest BCUT2D eigenvalue weighted by Crippen LogP contribution is 2.49. The molecule has 88 valence electrons. The lowest BCUT2D eigenvalue weighted by molar-refractivity contribution is -0.140. The summed E-state index contributed by atoms with van der Waals surface area (Å²) in [6, 6.07) is 3.12. The Morgan fingerprint density at radius 3 is 2.82 bits per heavy atom. The number of hydrogen-bond acceptors (Lipinski definition) is 2. The highest BCUT2D eigenvalue weighted by Gasteiger charge is 2.53. The molecule has 0 saturated heterocycles. The van der Waals surface area contributed by atoms with Gasteiger partial charge in [0.15, 0.2) is 0 Å². The van der Waals surface area contributed by atoms with E-state index in [9.17, 15) is 14.3 Å². The SMILES string of the molecule is Cn1c(C2(C(=O)O)CC2)cc2ncc(F)cc21. The van der Waals surface area contributed by atoms with Gasteiger partial charge >= 0.3 is 5.97 Å². The third-order valence-corrected chi connectivity index (χ3v) is 3.51. The molecule has 2 aromatic rings. The largest absolute Gasteiger partial charge is 0.481 e. The van der Waals surface area contributed by atoms with Crippen molar-refractivity contribution in [2.75, 3.05) is 0 Å². The molecule has 1 aliphatic rings. The van der Waals surface area contributed by atoms with Crippen LogP contribution in [0.3, 0.4) is 0 Å². The first-order valence-corrected chi connectivity index (χ1v) is 5.39. The third kappa shape index (κ3) is 1.28. The molecule has 0 spiro atoms. The number of pyridine rings is 1. The second-order valence-electron chi connectivity index (χ2n) is 4.53. The van der Waals surface area contributed by atoms with E-state index in [4.69, 9.17) is 0 Å². The highest BCUT2D eigenvalue weighted by atomic mass is 19.1. The second kappa shape index (κ2) is 3.06. The molecule has 1 saturated carbocycles. The molecule has 1 N–H and O–H groups in total. The maximum atomic E-state index is 13.1. The number of aromatic nitrogens is 2. The van der Waals surface area contributed by atoms with Crippen LogP contribution < -0.4 is 0 Å². The molecule has 0 aliphatic heterocycles. The summed E-state index contributed by atoms with van der Waals surface area (Å²) in [4.78, 5) is 15.2. The molecule has 1 fully saturated rings. The second-order valence-corrected chi connectivity index (χ2v) is 4.53. The molecular formula is C12H11FN2O2. The summed E-state index contributed by atoms with van der Waals surface area (Å²) in [6.07, 6.45) is 2.41. The van der Waals surface area contributed by atoms with Crippen LogP contribution in [0.5, 0.6) is 0 Å². The number of aryl methyl sites for hydroxylation is 1. The lowest BCUT2D eigenvalue weighted by Crippen LogP contribution is -2.22. The fourth-order valence-electron chi connectivity index (χ4n) is 2.34. The Bertz CT molecular complexity index is 629. The van der Waals surface area contributed by atoms with E-state index in [1.165, 1.54) is 6.07 Å². The van der Waals surface area contributed by atoms with Gasteiger partial charge in [-0.3, -0.25) is 9.78 Å². The minimum atomic E-state index is -0.816. The van der Waals surface area contributed by atoms with E-state index in [1.54, 1.807) is 17.7 Å². The zero-order valence-corrected chi connectivity index (χ0v) is 9.27. The molecule has 0 amide bonds. The fourth-order valence-corrected chi connectivity index (χ4v) is 2.34. The lowest BCUT2D eigenvalue weighted by atomic mass is 10.0. The minimum Gasteiger partial charge on any atom is -0.481 e. The average molecular weight is 234 g/mol. The Kier molecular flexibility index (Phi) is 1.85. The van der Waals surface area contributed by atoms with E-state index in [2.05, 4.69) is 4.98 Å². The van der Waals surface area contributed by atoms with Crippen LogP contribution in [0.25, 0.3) is 11.0 Å². The Morgan fingerprint density at radius 1 is 1.53 bits per heavy atom. The summed E-state index contributed by atoms with van der Waals surface area (Å²) in [6.45, 7) is 0. The molecule has 17 heavy (non-hydrogen) atoms. The van der Waals surface area contributed by atoms with E-state index in [0.29, 0.717) is 29.6 Å². The van der Waals surface area contributed by atoms with Crippen molar-refractivity contribution < 1.29 is 14.3 Å². The summed E-state index contributed by atoms with van der Waals surface area (Å²) in [5.74, 6) is -1.23. The number of hydrogen-bond donors (Lipinski definition) is 1. The average Bonchev–Trinajstić information content (AvgIpc) is 3.02. The zero-order valence-electron chi connectivity index (χ0n) is 9.27. The van der Waals surface area contributed by atoms with Crippen LogP contribution in [-0.4, -0.2) is 20.6 Å². The Morgan fingerprint density at radius 2 is 2.24 bits per heavy atom. The first-order chi connectivity index (χ1) is 8.04. The summed E-state index contributed by atoms with van der Waals surface area (Å²) >= 11 is 0. The quantitative estimate of drug-likeness (QED) is 0.862. The van der Waals surface area contributed by atoms with Gasteiger partial charge in [-0.15, -0.1) is 0 Å². The normalized spacial score (nSPS) is 17.3. The summed E-state index contributed by atoms with van der Waals surface area (Å²) in [5.41, 5.74) is 1.19. The van der Waals surface area contributed by atoms with Gasteiger partial charge in [0.1, 0.15) is 11.2 Å². The van der Waals surface area contributed by atoms with Gasteiger partial charge in [0.05, 0.1) is 17.2 Å². The molecule has 0 atom stereocenters. The topological polar surface area (TPSA) is 55.1 Å². The van der Waals surface area contributed by atoms with Crippen molar-refractivity contribution >= 4 is 17.0 Å². The van der Waals surface area contributed by atoms with Gasteiger partial charge in [-0.05, 0) is 18.9 Å². The number of carboxylic acid groups (broad SMARTS) is 1. The monoisotopic (exact) mass is 234 g/mol. The van der Waals surface area contributed by atoms with Crippen LogP contribution in [0.4, 0.5) is 4.39 Å². The van der Waals surface area contributed by atoms with E-state index >= 15 is 0 Å². The smallest absolute Gasteiger partial charge is 0.315 e.